The fraction of sp³-hybridized carbons (Fsp3) is 0.476. The number of piperidine rings is 4. The van der Waals surface area contributed by atoms with Crippen molar-refractivity contribution >= 4 is 47.2 Å². The van der Waals surface area contributed by atoms with Crippen LogP contribution in [0.15, 0.2) is 147 Å². The second kappa shape index (κ2) is 38.7. The fourth-order valence-electron chi connectivity index (χ4n) is 16.4. The number of aryl methyl sites for hydroxylation is 2. The van der Waals surface area contributed by atoms with Crippen LogP contribution in [0.3, 0.4) is 0 Å². The lowest BCUT2D eigenvalue weighted by Gasteiger charge is -2.41. The van der Waals surface area contributed by atoms with Gasteiger partial charge in [-0.25, -0.2) is 92.6 Å². The number of carbonyl (C=O) groups is 4. The lowest BCUT2D eigenvalue weighted by atomic mass is 9.99. The van der Waals surface area contributed by atoms with Crippen LogP contribution in [-0.2, 0) is 18.8 Å². The van der Waals surface area contributed by atoms with Gasteiger partial charge in [0, 0.05) is 112 Å². The molecule has 12 aromatic heterocycles. The lowest BCUT2D eigenvalue weighted by Crippen LogP contribution is -2.55. The van der Waals surface area contributed by atoms with Crippen LogP contribution in [0.25, 0.3) is 23.3 Å². The quantitative estimate of drug-likeness (QED) is 0.0570. The molecular formula is C84H92F8N34O5. The maximum absolute atomic E-state index is 15.4. The van der Waals surface area contributed by atoms with Crippen LogP contribution in [0.1, 0.15) is 187 Å². The van der Waals surface area contributed by atoms with E-state index in [0.717, 1.165) is 152 Å². The van der Waals surface area contributed by atoms with E-state index < -0.39 is 53.8 Å². The third-order valence-corrected chi connectivity index (χ3v) is 23.9. The molecular weight excluding hydrogens is 1720 g/mol. The maximum Gasteiger partial charge on any atom is 0.417 e. The van der Waals surface area contributed by atoms with Gasteiger partial charge in [0.05, 0.1) is 79.0 Å². The minimum atomic E-state index is -4.48. The van der Waals surface area contributed by atoms with E-state index in [1.807, 2.05) is 36.0 Å². The van der Waals surface area contributed by atoms with Crippen molar-refractivity contribution in [3.63, 3.8) is 0 Å². The topological polar surface area (TPSA) is 411 Å². The van der Waals surface area contributed by atoms with Gasteiger partial charge in [0.1, 0.15) is 79.0 Å². The number of rotatable bonds is 22. The number of alkyl halides is 8. The first-order valence-electron chi connectivity index (χ1n) is 43.4. The van der Waals surface area contributed by atoms with Crippen molar-refractivity contribution in [2.45, 2.75) is 203 Å². The van der Waals surface area contributed by atoms with Crippen LogP contribution < -0.4 is 19.6 Å². The zero-order valence-corrected chi connectivity index (χ0v) is 71.7. The van der Waals surface area contributed by atoms with Gasteiger partial charge in [0.2, 0.25) is 5.95 Å². The number of aromatic nitrogens is 26. The Hall–Kier alpha value is -14.1. The van der Waals surface area contributed by atoms with E-state index in [1.54, 1.807) is 63.7 Å². The molecule has 20 rings (SSSR count). The highest BCUT2D eigenvalue weighted by Crippen LogP contribution is 2.41. The van der Waals surface area contributed by atoms with Gasteiger partial charge in [-0.05, 0) is 156 Å². The predicted octanol–water partition coefficient (Wildman–Crippen LogP) is 9.21. The molecule has 4 aliphatic carbocycles. The van der Waals surface area contributed by atoms with E-state index in [2.05, 4.69) is 127 Å². The first-order valence-corrected chi connectivity index (χ1v) is 43.4. The smallest absolute Gasteiger partial charge is 0.354 e. The SMILES string of the molecule is CC(C)c1noc(N2CCC(N(C(=O)c3cnc(-n4cncn4)cn3)C3CC3)CC2)n1.CCc1cnc(N2CCC(N(C(=O)c3cnc(-n4cncn4)cn3)C3CC3)CC2)nc1.Cc1nnnn1-c1ccc(C(=O)N(C2CC2)[C@@H]2CCN(c3ccc(C(F)(F)F)cn3)C[C@@H]2F)cn1.O=C(c1cnc(-n2cncn2)cn1)N(C1CC1)[C@@H]1CCN(c2ccc(C(F)(F)F)cn2)C[C@@H]1F. The molecule has 4 amide bonds. The lowest BCUT2D eigenvalue weighted by molar-refractivity contribution is -0.138. The summed E-state index contributed by atoms with van der Waals surface area (Å²) in [6.07, 6.45) is 25.1. The third kappa shape index (κ3) is 21.0. The average molecular weight is 1810 g/mol. The molecule has 4 saturated heterocycles. The van der Waals surface area contributed by atoms with Crippen molar-refractivity contribution in [1.82, 2.24) is 149 Å². The van der Waals surface area contributed by atoms with Crippen molar-refractivity contribution in [2.75, 3.05) is 72.0 Å². The summed E-state index contributed by atoms with van der Waals surface area (Å²) in [4.78, 5) is 131. The van der Waals surface area contributed by atoms with E-state index in [0.29, 0.717) is 84.0 Å². The summed E-state index contributed by atoms with van der Waals surface area (Å²) in [6, 6.07) is 7.74. The molecule has 0 unspecified atom stereocenters. The second-order valence-corrected chi connectivity index (χ2v) is 33.3. The molecule has 8 aliphatic rings. The van der Waals surface area contributed by atoms with Gasteiger partial charge in [0.15, 0.2) is 34.9 Å². The third-order valence-electron chi connectivity index (χ3n) is 23.9. The van der Waals surface area contributed by atoms with Crippen LogP contribution in [0.5, 0.6) is 0 Å². The monoisotopic (exact) mass is 1810 g/mol. The Morgan fingerprint density at radius 2 is 0.832 bits per heavy atom. The zero-order chi connectivity index (χ0) is 91.2. The molecule has 0 radical (unpaired) electrons. The molecule has 0 N–H and O–H groups in total. The van der Waals surface area contributed by atoms with E-state index in [-0.39, 0.29) is 84.3 Å². The highest BCUT2D eigenvalue weighted by Gasteiger charge is 2.48. The number of pyridine rings is 3. The van der Waals surface area contributed by atoms with Crippen molar-refractivity contribution in [1.29, 1.82) is 0 Å². The maximum atomic E-state index is 15.4. The van der Waals surface area contributed by atoms with E-state index in [1.165, 1.54) is 87.2 Å². The van der Waals surface area contributed by atoms with Gasteiger partial charge in [0.25, 0.3) is 23.6 Å². The number of anilines is 4. The van der Waals surface area contributed by atoms with E-state index in [4.69, 9.17) is 4.52 Å². The van der Waals surface area contributed by atoms with E-state index >= 15 is 8.78 Å². The summed E-state index contributed by atoms with van der Waals surface area (Å²) in [5.41, 5.74) is 0.603. The van der Waals surface area contributed by atoms with Crippen molar-refractivity contribution < 1.29 is 58.8 Å². The van der Waals surface area contributed by atoms with Gasteiger partial charge in [-0.1, -0.05) is 25.9 Å². The molecule has 0 spiro atoms. The molecule has 12 aromatic rings. The summed E-state index contributed by atoms with van der Waals surface area (Å²) in [5, 5.41) is 27.3. The normalized spacial score (nSPS) is 19.1. The minimum Gasteiger partial charge on any atom is -0.354 e. The largest absolute Gasteiger partial charge is 0.417 e. The number of halogens is 8. The number of carbonyl (C=O) groups excluding carboxylic acids is 4. The summed E-state index contributed by atoms with van der Waals surface area (Å²) < 4.78 is 119. The second-order valence-electron chi connectivity index (χ2n) is 33.3. The summed E-state index contributed by atoms with van der Waals surface area (Å²) >= 11 is 0. The number of nitrogens with zero attached hydrogens (tertiary/aromatic N) is 34. The van der Waals surface area contributed by atoms with Gasteiger partial charge in [-0.15, -0.1) is 5.10 Å². The van der Waals surface area contributed by atoms with E-state index in [9.17, 15) is 45.5 Å². The first kappa shape index (κ1) is 88.9. The van der Waals surface area contributed by atoms with Crippen molar-refractivity contribution in [3.05, 3.63) is 194 Å². The number of amides is 4. The van der Waals surface area contributed by atoms with Crippen LogP contribution in [0, 0.1) is 6.92 Å². The van der Waals surface area contributed by atoms with Crippen LogP contribution in [0.2, 0.25) is 0 Å². The molecule has 4 aliphatic heterocycles. The van der Waals surface area contributed by atoms with Crippen LogP contribution >= 0.6 is 0 Å². The number of hydrogen-bond donors (Lipinski definition) is 0. The van der Waals surface area contributed by atoms with Crippen molar-refractivity contribution in [3.8, 4) is 23.3 Å². The molecule has 39 nitrogen and oxygen atoms in total. The Labute approximate surface area is 743 Å². The summed E-state index contributed by atoms with van der Waals surface area (Å²) in [5.74, 6) is 3.96. The first-order chi connectivity index (χ1) is 63.4. The molecule has 8 fully saturated rings. The Bertz CT molecular complexity index is 5780. The average Bonchev–Trinajstić information content (AvgIpc) is 1.70. The highest BCUT2D eigenvalue weighted by molar-refractivity contribution is 5.95. The number of hydrogen-bond acceptors (Lipinski definition) is 31. The van der Waals surface area contributed by atoms with Gasteiger partial charge in [-0.3, -0.25) is 19.2 Å². The fourth-order valence-corrected chi connectivity index (χ4v) is 16.4. The molecule has 0 bridgehead atoms. The molecule has 4 saturated carbocycles. The predicted molar refractivity (Wildman–Crippen MR) is 449 cm³/mol. The van der Waals surface area contributed by atoms with Gasteiger partial charge < -0.3 is 43.7 Å². The Morgan fingerprint density at radius 3 is 1.18 bits per heavy atom. The van der Waals surface area contributed by atoms with Gasteiger partial charge >= 0.3 is 18.4 Å². The Kier molecular flexibility index (Phi) is 26.3. The summed E-state index contributed by atoms with van der Waals surface area (Å²) in [7, 11) is 0. The molecule has 684 valence electrons. The number of tetrazole rings is 1. The summed E-state index contributed by atoms with van der Waals surface area (Å²) in [6.45, 7) is 11.7. The van der Waals surface area contributed by atoms with Crippen LogP contribution in [-0.4, -0.2) is 286 Å². The van der Waals surface area contributed by atoms with Crippen LogP contribution in [0.4, 0.5) is 58.7 Å². The molecule has 4 atom stereocenters. The Balaban J connectivity index is 0.000000122. The Morgan fingerprint density at radius 1 is 0.435 bits per heavy atom. The standard InChI is InChI=1S/C22H22F4N8O.C21H20F4N8O.C21H25N9O.C20H25N9O2/c1-13-29-30-31-34(13)20-6-2-14(10-27-20)21(35)33(16-4-5-16)18-8-9-32(12-17(18)23)19-7-3-15(11-28-19)22(24,25)26;22-15-10-31(18-4-1-13(7-28-18)21(23,24)25)6-5-17(15)33(14-2-3-14)20(34)16-8-29-19(9-27-16)32-12-26-11-30-32;1-2-15-9-25-21(26-10-15)28-7-5-17(6-8-28)30(16-3-4-16)20(31)18-11-24-19(12-23-18)29-14-22-13-27-29;1-13(2)18-25-20(31-26-18)27-7-5-15(6-8-27)29(14-3-4-14)19(30)16-9-23-17(10-22-16)28-12-21-11-24-28/h2-3,6-7,10-11,16-18H,4-5,8-9,12H2,1H3;1,4,7-9,11-12,14-15,17H,2-3,5-6,10H2;9-14,16-17H,2-8H2,1H3;9-15H,3-8H2,1-2H3/t17-,18+;15-,17+;;/m00../s1. The molecule has 131 heavy (non-hydrogen) atoms. The zero-order valence-electron chi connectivity index (χ0n) is 71.7. The van der Waals surface area contributed by atoms with Crippen molar-refractivity contribution in [2.24, 2.45) is 0 Å². The highest BCUT2D eigenvalue weighted by atomic mass is 19.4. The minimum absolute atomic E-state index is 0.0390. The molecule has 16 heterocycles. The molecule has 47 heteroatoms. The van der Waals surface area contributed by atoms with Gasteiger partial charge in [-0.2, -0.15) is 51.3 Å². The molecule has 0 aromatic carbocycles.